The Balaban J connectivity index is 1.71. The maximum Gasteiger partial charge on any atom is 0.210 e. The van der Waals surface area contributed by atoms with Crippen molar-refractivity contribution in [2.45, 2.75) is 26.2 Å². The Morgan fingerprint density at radius 1 is 0.641 bits per heavy atom. The number of methoxy groups -OCH3 is 2. The Morgan fingerprint density at radius 2 is 1.21 bits per heavy atom. The monoisotopic (exact) mass is 517 g/mol. The van der Waals surface area contributed by atoms with E-state index in [2.05, 4.69) is 38.2 Å². The summed E-state index contributed by atoms with van der Waals surface area (Å²) in [5.41, 5.74) is 6.55. The predicted octanol–water partition coefficient (Wildman–Crippen LogP) is 7.71. The van der Waals surface area contributed by atoms with Crippen LogP contribution < -0.4 is 14.8 Å². The van der Waals surface area contributed by atoms with Gasteiger partial charge in [-0.15, -0.1) is 0 Å². The molecule has 0 spiro atoms. The highest BCUT2D eigenvalue weighted by Gasteiger charge is 2.29. The Bertz CT molecular complexity index is 1590. The zero-order valence-electron chi connectivity index (χ0n) is 22.8. The summed E-state index contributed by atoms with van der Waals surface area (Å²) in [6, 6.07) is 27.0. The highest BCUT2D eigenvalue weighted by Crippen LogP contribution is 2.43. The van der Waals surface area contributed by atoms with Crippen molar-refractivity contribution in [1.82, 2.24) is 0 Å². The van der Waals surface area contributed by atoms with Gasteiger partial charge in [0.1, 0.15) is 11.5 Å². The maximum atomic E-state index is 13.5. The first-order valence-electron chi connectivity index (χ1n) is 12.8. The molecule has 0 atom stereocenters. The van der Waals surface area contributed by atoms with Crippen molar-refractivity contribution in [2.75, 3.05) is 19.5 Å². The maximum absolute atomic E-state index is 13.5. The van der Waals surface area contributed by atoms with E-state index in [0.29, 0.717) is 11.1 Å². The molecule has 0 amide bonds. The lowest BCUT2D eigenvalue weighted by atomic mass is 9.81. The van der Waals surface area contributed by atoms with Crippen LogP contribution in [0.1, 0.15) is 47.1 Å². The van der Waals surface area contributed by atoms with Gasteiger partial charge in [-0.1, -0.05) is 69.3 Å². The molecule has 0 aliphatic heterocycles. The minimum absolute atomic E-state index is 0.189. The molecule has 0 radical (unpaired) electrons. The first-order valence-corrected chi connectivity index (χ1v) is 12.8. The number of anilines is 1. The number of nitrogens with one attached hydrogen (secondary N) is 1. The van der Waals surface area contributed by atoms with Gasteiger partial charge < -0.3 is 14.8 Å². The molecule has 1 aliphatic rings. The average molecular weight is 518 g/mol. The normalized spacial score (nSPS) is 13.0. The van der Waals surface area contributed by atoms with Crippen molar-refractivity contribution in [1.29, 1.82) is 0 Å². The van der Waals surface area contributed by atoms with Crippen LogP contribution in [-0.4, -0.2) is 25.8 Å². The number of allylic oxidation sites excluding steroid dienone is 2. The fourth-order valence-corrected chi connectivity index (χ4v) is 4.86. The van der Waals surface area contributed by atoms with Gasteiger partial charge in [0.25, 0.3) is 0 Å². The lowest BCUT2D eigenvalue weighted by molar-refractivity contribution is 0.0985. The van der Waals surface area contributed by atoms with Crippen LogP contribution in [0.2, 0.25) is 0 Å². The van der Waals surface area contributed by atoms with E-state index >= 15 is 0 Å². The third kappa shape index (κ3) is 5.08. The molecule has 5 nitrogen and oxygen atoms in total. The van der Waals surface area contributed by atoms with Crippen LogP contribution in [-0.2, 0) is 5.41 Å². The number of rotatable bonds is 6. The lowest BCUT2D eigenvalue weighted by Crippen LogP contribution is -2.23. The Hall–Kier alpha value is -4.64. The van der Waals surface area contributed by atoms with E-state index < -0.39 is 0 Å². The summed E-state index contributed by atoms with van der Waals surface area (Å²) in [4.78, 5) is 26.4. The quantitative estimate of drug-likeness (QED) is 0.284. The van der Waals surface area contributed by atoms with Crippen molar-refractivity contribution < 1.29 is 19.1 Å². The summed E-state index contributed by atoms with van der Waals surface area (Å²) in [5.74, 6) is 1.15. The number of carbonyl (C=O) groups excluding carboxylic acids is 2. The van der Waals surface area contributed by atoms with Crippen LogP contribution in [0.25, 0.3) is 22.3 Å². The highest BCUT2D eigenvalue weighted by atomic mass is 16.5. The Morgan fingerprint density at radius 3 is 1.77 bits per heavy atom. The van der Waals surface area contributed by atoms with Gasteiger partial charge in [0, 0.05) is 22.8 Å². The van der Waals surface area contributed by atoms with Crippen LogP contribution in [0.15, 0.2) is 96.7 Å². The van der Waals surface area contributed by atoms with E-state index in [-0.39, 0.29) is 22.7 Å². The van der Waals surface area contributed by atoms with E-state index in [1.807, 2.05) is 48.5 Å². The number of hydrogen-bond acceptors (Lipinski definition) is 5. The number of ketones is 2. The number of benzene rings is 4. The SMILES string of the molecule is COc1ccc(-c2cc(-c3ccc(OC)cc3)c(NC3=CC(=O)c4ccccc4C3=O)c(C(C)(C)C)c2)cc1. The van der Waals surface area contributed by atoms with Gasteiger partial charge in [-0.2, -0.15) is 0 Å². The van der Waals surface area contributed by atoms with Gasteiger partial charge in [-0.25, -0.2) is 0 Å². The molecule has 1 N–H and O–H groups in total. The van der Waals surface area contributed by atoms with Crippen molar-refractivity contribution in [2.24, 2.45) is 0 Å². The summed E-state index contributed by atoms with van der Waals surface area (Å²) in [6.45, 7) is 6.42. The van der Waals surface area contributed by atoms with Crippen LogP contribution in [0, 0.1) is 0 Å². The average Bonchev–Trinajstić information content (AvgIpc) is 2.95. The zero-order chi connectivity index (χ0) is 27.7. The molecule has 196 valence electrons. The summed E-state index contributed by atoms with van der Waals surface area (Å²) in [7, 11) is 3.29. The van der Waals surface area contributed by atoms with Gasteiger partial charge in [-0.3, -0.25) is 9.59 Å². The molecular weight excluding hydrogens is 486 g/mol. The lowest BCUT2D eigenvalue weighted by Gasteiger charge is -2.28. The standard InChI is InChI=1S/C34H31NO4/c1-34(2,3)29-19-23(21-10-14-24(38-4)15-11-21)18-28(22-12-16-25(39-5)17-13-22)32(29)35-30-20-31(36)26-8-6-7-9-27(26)33(30)37/h6-20,35H,1-5H3. The van der Waals surface area contributed by atoms with E-state index in [1.54, 1.807) is 38.5 Å². The van der Waals surface area contributed by atoms with Crippen molar-refractivity contribution in [3.8, 4) is 33.8 Å². The molecule has 0 fully saturated rings. The van der Waals surface area contributed by atoms with Crippen LogP contribution in [0.4, 0.5) is 5.69 Å². The first kappa shape index (κ1) is 26.0. The summed E-state index contributed by atoms with van der Waals surface area (Å²) < 4.78 is 10.7. The third-order valence-corrected chi connectivity index (χ3v) is 6.99. The van der Waals surface area contributed by atoms with Gasteiger partial charge in [0.05, 0.1) is 25.6 Å². The molecule has 5 rings (SSSR count). The van der Waals surface area contributed by atoms with Crippen molar-refractivity contribution >= 4 is 17.3 Å². The van der Waals surface area contributed by atoms with E-state index in [4.69, 9.17) is 9.47 Å². The molecule has 4 aromatic carbocycles. The van der Waals surface area contributed by atoms with E-state index in [9.17, 15) is 9.59 Å². The van der Waals surface area contributed by atoms with Gasteiger partial charge in [0.15, 0.2) is 5.78 Å². The number of ether oxygens (including phenoxy) is 2. The summed E-state index contributed by atoms with van der Waals surface area (Å²) in [6.07, 6.45) is 1.41. The minimum Gasteiger partial charge on any atom is -0.497 e. The number of carbonyl (C=O) groups is 2. The van der Waals surface area contributed by atoms with Crippen LogP contribution in [0.3, 0.4) is 0 Å². The minimum atomic E-state index is -0.285. The number of hydrogen-bond donors (Lipinski definition) is 1. The third-order valence-electron chi connectivity index (χ3n) is 6.99. The molecular formula is C34H31NO4. The Labute approximate surface area is 229 Å². The van der Waals surface area contributed by atoms with E-state index in [1.165, 1.54) is 6.08 Å². The largest absolute Gasteiger partial charge is 0.497 e. The van der Waals surface area contributed by atoms with Gasteiger partial charge in [0.2, 0.25) is 5.78 Å². The Kier molecular flexibility index (Phi) is 6.83. The molecule has 0 heterocycles. The van der Waals surface area contributed by atoms with Crippen LogP contribution >= 0.6 is 0 Å². The molecule has 39 heavy (non-hydrogen) atoms. The molecule has 0 saturated heterocycles. The summed E-state index contributed by atoms with van der Waals surface area (Å²) in [5, 5.41) is 3.41. The van der Waals surface area contributed by atoms with Gasteiger partial charge >= 0.3 is 0 Å². The molecule has 1 aliphatic carbocycles. The second-order valence-electron chi connectivity index (χ2n) is 10.6. The predicted molar refractivity (Wildman–Crippen MR) is 156 cm³/mol. The summed E-state index contributed by atoms with van der Waals surface area (Å²) >= 11 is 0. The van der Waals surface area contributed by atoms with Gasteiger partial charge in [-0.05, 0) is 64.1 Å². The number of Topliss-reactive ketones (excluding diaryl/α,β-unsaturated/α-hetero) is 1. The smallest absolute Gasteiger partial charge is 0.210 e. The second-order valence-corrected chi connectivity index (χ2v) is 10.6. The fraction of sp³-hybridized carbons (Fsp3) is 0.176. The van der Waals surface area contributed by atoms with Crippen molar-refractivity contribution in [3.63, 3.8) is 0 Å². The first-order chi connectivity index (χ1) is 18.7. The topological polar surface area (TPSA) is 64.6 Å². The zero-order valence-corrected chi connectivity index (χ0v) is 22.8. The molecule has 5 heteroatoms. The molecule has 0 saturated carbocycles. The number of fused-ring (bicyclic) bond motifs is 1. The fourth-order valence-electron chi connectivity index (χ4n) is 4.86. The molecule has 0 unspecified atom stereocenters. The van der Waals surface area contributed by atoms with E-state index in [0.717, 1.165) is 45.0 Å². The molecule has 0 bridgehead atoms. The van der Waals surface area contributed by atoms with Crippen molar-refractivity contribution in [3.05, 3.63) is 113 Å². The molecule has 4 aromatic rings. The molecule has 0 aromatic heterocycles. The highest BCUT2D eigenvalue weighted by molar-refractivity contribution is 6.25. The van der Waals surface area contributed by atoms with Crippen LogP contribution in [0.5, 0.6) is 11.5 Å². The second kappa shape index (κ2) is 10.3.